The average molecular weight is 509 g/mol. The summed E-state index contributed by atoms with van der Waals surface area (Å²) in [5, 5.41) is 2.50. The van der Waals surface area contributed by atoms with Crippen molar-refractivity contribution < 1.29 is 28.6 Å². The molecule has 5 rings (SSSR count). The summed E-state index contributed by atoms with van der Waals surface area (Å²) in [6.07, 6.45) is 1.69. The normalized spacial score (nSPS) is 23.1. The quantitative estimate of drug-likeness (QED) is 0.433. The van der Waals surface area contributed by atoms with Crippen LogP contribution in [0.2, 0.25) is 0 Å². The SMILES string of the molecule is COc1ccc(COC(=O)C2=C([C@@H]3CCCO3)CS[C@@H]3[C@H](NC(=O)Cc4ccccc4)C(=O)N23)cc1. The summed E-state index contributed by atoms with van der Waals surface area (Å²) in [6.45, 7) is 0.699. The van der Waals surface area contributed by atoms with Crippen LogP contribution in [-0.2, 0) is 36.9 Å². The summed E-state index contributed by atoms with van der Waals surface area (Å²) in [4.78, 5) is 40.6. The van der Waals surface area contributed by atoms with Crippen LogP contribution in [0.1, 0.15) is 24.0 Å². The van der Waals surface area contributed by atoms with Gasteiger partial charge in [0.2, 0.25) is 5.91 Å². The van der Waals surface area contributed by atoms with Crippen LogP contribution < -0.4 is 10.1 Å². The zero-order valence-corrected chi connectivity index (χ0v) is 20.8. The maximum absolute atomic E-state index is 13.3. The minimum Gasteiger partial charge on any atom is -0.497 e. The molecule has 0 spiro atoms. The highest BCUT2D eigenvalue weighted by atomic mass is 32.2. The Labute approximate surface area is 214 Å². The van der Waals surface area contributed by atoms with Crippen LogP contribution in [0, 0.1) is 0 Å². The zero-order valence-electron chi connectivity index (χ0n) is 20.0. The number of fused-ring (bicyclic) bond motifs is 1. The minimum atomic E-state index is -0.679. The second-order valence-electron chi connectivity index (χ2n) is 8.92. The number of nitrogens with zero attached hydrogens (tertiary/aromatic N) is 1. The van der Waals surface area contributed by atoms with Crippen LogP contribution in [-0.4, -0.2) is 59.7 Å². The Kier molecular flexibility index (Phi) is 7.29. The van der Waals surface area contributed by atoms with E-state index in [2.05, 4.69) is 5.32 Å². The molecule has 0 unspecified atom stereocenters. The third-order valence-electron chi connectivity index (χ3n) is 6.56. The summed E-state index contributed by atoms with van der Waals surface area (Å²) in [7, 11) is 1.59. The first-order valence-electron chi connectivity index (χ1n) is 12.0. The van der Waals surface area contributed by atoms with E-state index in [1.165, 1.54) is 16.7 Å². The predicted molar refractivity (Wildman–Crippen MR) is 134 cm³/mol. The Morgan fingerprint density at radius 3 is 2.58 bits per heavy atom. The van der Waals surface area contributed by atoms with Gasteiger partial charge in [0.1, 0.15) is 29.5 Å². The summed E-state index contributed by atoms with van der Waals surface area (Å²) in [6, 6.07) is 16.0. The van der Waals surface area contributed by atoms with Gasteiger partial charge in [-0.3, -0.25) is 14.5 Å². The van der Waals surface area contributed by atoms with Gasteiger partial charge in [-0.05, 0) is 41.7 Å². The van der Waals surface area contributed by atoms with Gasteiger partial charge < -0.3 is 19.5 Å². The largest absolute Gasteiger partial charge is 0.497 e. The van der Waals surface area contributed by atoms with Crippen molar-refractivity contribution in [3.05, 3.63) is 77.0 Å². The highest BCUT2D eigenvalue weighted by Crippen LogP contribution is 2.43. The lowest BCUT2D eigenvalue weighted by Crippen LogP contribution is -2.71. The summed E-state index contributed by atoms with van der Waals surface area (Å²) < 4.78 is 16.7. The average Bonchev–Trinajstić information content (AvgIpc) is 3.45. The Hall–Kier alpha value is -3.30. The number of hydrogen-bond acceptors (Lipinski definition) is 7. The number of carbonyl (C=O) groups excluding carboxylic acids is 3. The van der Waals surface area contributed by atoms with Crippen LogP contribution >= 0.6 is 11.8 Å². The lowest BCUT2D eigenvalue weighted by atomic mass is 9.99. The van der Waals surface area contributed by atoms with Gasteiger partial charge >= 0.3 is 5.97 Å². The van der Waals surface area contributed by atoms with Gasteiger partial charge in [0.05, 0.1) is 19.6 Å². The van der Waals surface area contributed by atoms with E-state index in [-0.39, 0.29) is 42.0 Å². The smallest absolute Gasteiger partial charge is 0.355 e. The molecule has 3 aliphatic heterocycles. The number of ether oxygens (including phenoxy) is 3. The van der Waals surface area contributed by atoms with Gasteiger partial charge in [0, 0.05) is 12.4 Å². The van der Waals surface area contributed by atoms with E-state index < -0.39 is 12.0 Å². The lowest BCUT2D eigenvalue weighted by Gasteiger charge is -2.50. The topological polar surface area (TPSA) is 94.2 Å². The van der Waals surface area contributed by atoms with E-state index in [4.69, 9.17) is 14.2 Å². The predicted octanol–water partition coefficient (Wildman–Crippen LogP) is 2.81. The van der Waals surface area contributed by atoms with Gasteiger partial charge in [0.15, 0.2) is 0 Å². The van der Waals surface area contributed by atoms with E-state index in [1.807, 2.05) is 42.5 Å². The van der Waals surface area contributed by atoms with E-state index in [0.717, 1.165) is 29.5 Å². The number of nitrogens with one attached hydrogen (secondary N) is 1. The van der Waals surface area contributed by atoms with Gasteiger partial charge in [0.25, 0.3) is 5.91 Å². The molecular formula is C27H28N2O6S. The molecule has 2 aromatic rings. The molecule has 36 heavy (non-hydrogen) atoms. The van der Waals surface area contributed by atoms with Crippen LogP contribution in [0.5, 0.6) is 5.75 Å². The van der Waals surface area contributed by atoms with E-state index in [9.17, 15) is 14.4 Å². The number of thioether (sulfide) groups is 1. The molecule has 0 saturated carbocycles. The fraction of sp³-hybridized carbons (Fsp3) is 0.370. The number of β-lactam (4-membered cyclic amide) rings is 1. The Morgan fingerprint density at radius 1 is 1.11 bits per heavy atom. The van der Waals surface area contributed by atoms with Crippen molar-refractivity contribution in [2.45, 2.75) is 43.4 Å². The Morgan fingerprint density at radius 2 is 1.89 bits per heavy atom. The van der Waals surface area contributed by atoms with Crippen molar-refractivity contribution in [2.24, 2.45) is 0 Å². The number of hydrogen-bond donors (Lipinski definition) is 1. The number of esters is 1. The number of carbonyl (C=O) groups is 3. The highest BCUT2D eigenvalue weighted by Gasteiger charge is 2.55. The van der Waals surface area contributed by atoms with Crippen molar-refractivity contribution in [1.82, 2.24) is 10.2 Å². The third-order valence-corrected chi connectivity index (χ3v) is 7.86. The summed E-state index contributed by atoms with van der Waals surface area (Å²) in [5.41, 5.74) is 2.73. The molecule has 0 aliphatic carbocycles. The molecule has 3 aliphatic rings. The fourth-order valence-electron chi connectivity index (χ4n) is 4.68. The first kappa shape index (κ1) is 24.4. The molecule has 3 atom stereocenters. The molecule has 3 heterocycles. The highest BCUT2D eigenvalue weighted by molar-refractivity contribution is 8.00. The number of methoxy groups -OCH3 is 1. The molecule has 1 N–H and O–H groups in total. The second-order valence-corrected chi connectivity index (χ2v) is 10.0. The van der Waals surface area contributed by atoms with Crippen LogP contribution in [0.25, 0.3) is 0 Å². The third kappa shape index (κ3) is 4.99. The molecule has 2 saturated heterocycles. The van der Waals surface area contributed by atoms with Crippen molar-refractivity contribution in [3.63, 3.8) is 0 Å². The molecule has 2 aromatic carbocycles. The second kappa shape index (κ2) is 10.8. The number of benzene rings is 2. The van der Waals surface area contributed by atoms with Crippen LogP contribution in [0.3, 0.4) is 0 Å². The molecule has 2 fully saturated rings. The molecule has 9 heteroatoms. The molecule has 0 radical (unpaired) electrons. The van der Waals surface area contributed by atoms with Crippen molar-refractivity contribution >= 4 is 29.5 Å². The minimum absolute atomic E-state index is 0.0716. The summed E-state index contributed by atoms with van der Waals surface area (Å²) >= 11 is 1.54. The van der Waals surface area contributed by atoms with Crippen molar-refractivity contribution in [3.8, 4) is 5.75 Å². The maximum Gasteiger partial charge on any atom is 0.355 e. The fourth-order valence-corrected chi connectivity index (χ4v) is 6.08. The van der Waals surface area contributed by atoms with E-state index in [0.29, 0.717) is 18.1 Å². The molecule has 0 aromatic heterocycles. The standard InChI is InChI=1S/C27H28N2O6S/c1-33-19-11-9-18(10-12-19)15-35-27(32)24-20(21-8-5-13-34-21)16-36-26-23(25(31)29(24)26)28-22(30)14-17-6-3-2-4-7-17/h2-4,6-7,9-12,21,23,26H,5,8,13-16H2,1H3,(H,28,30)/t21-,23+,26+/m0/s1. The van der Waals surface area contributed by atoms with Crippen LogP contribution in [0.4, 0.5) is 0 Å². The van der Waals surface area contributed by atoms with E-state index >= 15 is 0 Å². The molecule has 188 valence electrons. The lowest BCUT2D eigenvalue weighted by molar-refractivity contribution is -0.153. The maximum atomic E-state index is 13.3. The van der Waals surface area contributed by atoms with E-state index in [1.54, 1.807) is 19.2 Å². The molecule has 0 bridgehead atoms. The molecular weight excluding hydrogens is 480 g/mol. The first-order chi connectivity index (χ1) is 17.5. The van der Waals surface area contributed by atoms with Gasteiger partial charge in [-0.2, -0.15) is 0 Å². The number of rotatable bonds is 8. The van der Waals surface area contributed by atoms with Crippen molar-refractivity contribution in [1.29, 1.82) is 0 Å². The van der Waals surface area contributed by atoms with Gasteiger partial charge in [-0.25, -0.2) is 4.79 Å². The van der Waals surface area contributed by atoms with Gasteiger partial charge in [-0.15, -0.1) is 11.8 Å². The Balaban J connectivity index is 1.30. The molecule has 8 nitrogen and oxygen atoms in total. The van der Waals surface area contributed by atoms with Crippen molar-refractivity contribution in [2.75, 3.05) is 19.5 Å². The first-order valence-corrected chi connectivity index (χ1v) is 13.0. The van der Waals surface area contributed by atoms with Crippen LogP contribution in [0.15, 0.2) is 65.9 Å². The monoisotopic (exact) mass is 508 g/mol. The Bertz CT molecular complexity index is 1160. The van der Waals surface area contributed by atoms with Gasteiger partial charge in [-0.1, -0.05) is 42.5 Å². The molecule has 2 amide bonds. The zero-order chi connectivity index (χ0) is 25.1. The number of amides is 2. The summed E-state index contributed by atoms with van der Waals surface area (Å²) in [5.74, 6) is 0.172.